The molecule has 4 rings (SSSR count). The molecule has 0 aliphatic carbocycles. The first-order chi connectivity index (χ1) is 16.5. The van der Waals surface area contributed by atoms with Crippen LogP contribution in [0.1, 0.15) is 30.4 Å². The Morgan fingerprint density at radius 3 is 2.82 bits per heavy atom. The lowest BCUT2D eigenvalue weighted by Crippen LogP contribution is -2.40. The minimum Gasteiger partial charge on any atom is -0.493 e. The first-order valence-corrected chi connectivity index (χ1v) is 12.2. The highest BCUT2D eigenvalue weighted by Gasteiger charge is 2.34. The van der Waals surface area contributed by atoms with Crippen molar-refractivity contribution in [2.24, 2.45) is 11.8 Å². The molecule has 0 saturated carbocycles. The molecule has 0 bridgehead atoms. The van der Waals surface area contributed by atoms with Crippen LogP contribution in [0.3, 0.4) is 0 Å². The van der Waals surface area contributed by atoms with Gasteiger partial charge < -0.3 is 13.9 Å². The molecule has 0 N–H and O–H groups in total. The summed E-state index contributed by atoms with van der Waals surface area (Å²) in [7, 11) is 0. The summed E-state index contributed by atoms with van der Waals surface area (Å²) >= 11 is 6.28. The number of benzene rings is 2. The van der Waals surface area contributed by atoms with E-state index in [4.69, 9.17) is 25.7 Å². The molecule has 1 fully saturated rings. The quantitative estimate of drug-likeness (QED) is 0.297. The van der Waals surface area contributed by atoms with Gasteiger partial charge >= 0.3 is 5.97 Å². The van der Waals surface area contributed by atoms with Crippen molar-refractivity contribution < 1.29 is 18.7 Å². The molecule has 0 spiro atoms. The second-order valence-corrected chi connectivity index (χ2v) is 9.09. The smallest absolute Gasteiger partial charge is 0.309 e. The highest BCUT2D eigenvalue weighted by Crippen LogP contribution is 2.30. The summed E-state index contributed by atoms with van der Waals surface area (Å²) in [5, 5.41) is 0. The SMILES string of the molecule is CCOC(=O)[C@H]1CCN(Cl)C[C@H]1Cc1cccc(OCCc2nc(-c3ccccc3)oc2C)c1. The molecule has 1 saturated heterocycles. The molecule has 1 aliphatic heterocycles. The second-order valence-electron chi connectivity index (χ2n) is 8.61. The zero-order valence-electron chi connectivity index (χ0n) is 19.7. The average molecular weight is 483 g/mol. The monoisotopic (exact) mass is 482 g/mol. The van der Waals surface area contributed by atoms with Gasteiger partial charge in [0, 0.05) is 25.1 Å². The highest BCUT2D eigenvalue weighted by molar-refractivity contribution is 6.13. The molecule has 0 radical (unpaired) electrons. The number of halogens is 1. The van der Waals surface area contributed by atoms with Crippen LogP contribution in [0, 0.1) is 18.8 Å². The third-order valence-electron chi connectivity index (χ3n) is 6.19. The van der Waals surface area contributed by atoms with Gasteiger partial charge in [-0.2, -0.15) is 0 Å². The minimum atomic E-state index is -0.131. The summed E-state index contributed by atoms with van der Waals surface area (Å²) < 4.78 is 18.9. The first-order valence-electron chi connectivity index (χ1n) is 11.8. The number of piperidine rings is 1. The number of hydrogen-bond acceptors (Lipinski definition) is 6. The van der Waals surface area contributed by atoms with Crippen molar-refractivity contribution >= 4 is 17.7 Å². The van der Waals surface area contributed by atoms with E-state index in [1.165, 1.54) is 0 Å². The summed E-state index contributed by atoms with van der Waals surface area (Å²) in [6.07, 6.45) is 2.11. The van der Waals surface area contributed by atoms with Gasteiger partial charge in [-0.15, -0.1) is 0 Å². The molecular weight excluding hydrogens is 452 g/mol. The van der Waals surface area contributed by atoms with Crippen molar-refractivity contribution in [2.45, 2.75) is 33.1 Å². The third kappa shape index (κ3) is 6.19. The van der Waals surface area contributed by atoms with E-state index in [-0.39, 0.29) is 17.8 Å². The minimum absolute atomic E-state index is 0.106. The van der Waals surface area contributed by atoms with E-state index in [1.807, 2.05) is 62.4 Å². The van der Waals surface area contributed by atoms with Gasteiger partial charge in [0.25, 0.3) is 0 Å². The van der Waals surface area contributed by atoms with Crippen molar-refractivity contribution in [3.8, 4) is 17.2 Å². The van der Waals surface area contributed by atoms with Crippen molar-refractivity contribution in [1.82, 2.24) is 9.40 Å². The van der Waals surface area contributed by atoms with Gasteiger partial charge in [0.1, 0.15) is 11.5 Å². The summed E-state index contributed by atoms with van der Waals surface area (Å²) in [5.74, 6) is 2.09. The van der Waals surface area contributed by atoms with Crippen LogP contribution < -0.4 is 4.74 Å². The lowest BCUT2D eigenvalue weighted by molar-refractivity contribution is -0.151. The molecule has 2 atom stereocenters. The molecule has 1 aromatic heterocycles. The lowest BCUT2D eigenvalue weighted by atomic mass is 9.82. The van der Waals surface area contributed by atoms with E-state index in [2.05, 4.69) is 11.1 Å². The molecule has 0 unspecified atom stereocenters. The van der Waals surface area contributed by atoms with Crippen molar-refractivity contribution in [3.63, 3.8) is 0 Å². The third-order valence-corrected chi connectivity index (χ3v) is 6.50. The average Bonchev–Trinajstić information content (AvgIpc) is 3.20. The van der Waals surface area contributed by atoms with Gasteiger partial charge in [-0.05, 0) is 74.2 Å². The summed E-state index contributed by atoms with van der Waals surface area (Å²) in [6.45, 7) is 6.01. The molecule has 6 nitrogen and oxygen atoms in total. The Kier molecular flexibility index (Phi) is 8.25. The topological polar surface area (TPSA) is 64.8 Å². The van der Waals surface area contributed by atoms with Crippen LogP contribution >= 0.6 is 11.8 Å². The number of ether oxygens (including phenoxy) is 2. The van der Waals surface area contributed by atoms with E-state index in [0.29, 0.717) is 45.0 Å². The molecule has 180 valence electrons. The van der Waals surface area contributed by atoms with E-state index >= 15 is 0 Å². The summed E-state index contributed by atoms with van der Waals surface area (Å²) in [5.41, 5.74) is 2.98. The predicted molar refractivity (Wildman–Crippen MR) is 132 cm³/mol. The Labute approximate surface area is 205 Å². The number of rotatable bonds is 9. The van der Waals surface area contributed by atoms with Crippen LogP contribution in [0.25, 0.3) is 11.5 Å². The molecule has 7 heteroatoms. The van der Waals surface area contributed by atoms with Gasteiger partial charge in [-0.25, -0.2) is 9.40 Å². The van der Waals surface area contributed by atoms with Crippen LogP contribution in [-0.4, -0.2) is 41.7 Å². The zero-order valence-corrected chi connectivity index (χ0v) is 20.5. The van der Waals surface area contributed by atoms with Crippen LogP contribution in [0.5, 0.6) is 5.75 Å². The Bertz CT molecular complexity index is 1090. The van der Waals surface area contributed by atoms with Gasteiger partial charge in [-0.1, -0.05) is 30.3 Å². The number of hydrogen-bond donors (Lipinski definition) is 0. The number of oxazole rings is 1. The predicted octanol–water partition coefficient (Wildman–Crippen LogP) is 5.47. The van der Waals surface area contributed by atoms with Crippen LogP contribution in [0.15, 0.2) is 59.0 Å². The standard InChI is InChI=1S/C27H31ClN2O4/c1-3-32-27(31)24-12-14-30(28)18-22(24)16-20-8-7-11-23(17-20)33-15-13-25-19(2)34-26(29-25)21-9-5-4-6-10-21/h4-11,17,22,24H,3,12-16,18H2,1-2H3/t22-,24+/m1/s1. The fraction of sp³-hybridized carbons (Fsp3) is 0.407. The Morgan fingerprint density at radius 2 is 2.03 bits per heavy atom. The first kappa shape index (κ1) is 24.3. The molecule has 0 amide bonds. The zero-order chi connectivity index (χ0) is 23.9. The number of aryl methyl sites for hydroxylation is 1. The van der Waals surface area contributed by atoms with E-state index in [1.54, 1.807) is 4.42 Å². The largest absolute Gasteiger partial charge is 0.493 e. The van der Waals surface area contributed by atoms with Crippen LogP contribution in [0.4, 0.5) is 0 Å². The van der Waals surface area contributed by atoms with Gasteiger partial charge in [0.05, 0.1) is 24.8 Å². The molecule has 2 aromatic carbocycles. The van der Waals surface area contributed by atoms with Gasteiger partial charge in [0.2, 0.25) is 5.89 Å². The number of aromatic nitrogens is 1. The van der Waals surface area contributed by atoms with Gasteiger partial charge in [-0.3, -0.25) is 4.79 Å². The lowest BCUT2D eigenvalue weighted by Gasteiger charge is -2.34. The van der Waals surface area contributed by atoms with Crippen molar-refractivity contribution in [2.75, 3.05) is 26.3 Å². The van der Waals surface area contributed by atoms with E-state index in [0.717, 1.165) is 34.8 Å². The van der Waals surface area contributed by atoms with Crippen molar-refractivity contribution in [3.05, 3.63) is 71.6 Å². The molecule has 3 aromatic rings. The molecule has 2 heterocycles. The normalized spacial score (nSPS) is 18.6. The maximum absolute atomic E-state index is 12.4. The Balaban J connectivity index is 1.36. The van der Waals surface area contributed by atoms with Crippen LogP contribution in [-0.2, 0) is 22.4 Å². The highest BCUT2D eigenvalue weighted by atomic mass is 35.5. The number of carbonyl (C=O) groups is 1. The summed E-state index contributed by atoms with van der Waals surface area (Å²) in [4.78, 5) is 17.1. The fourth-order valence-corrected chi connectivity index (χ4v) is 4.72. The van der Waals surface area contributed by atoms with E-state index in [9.17, 15) is 4.79 Å². The number of carbonyl (C=O) groups excluding carboxylic acids is 1. The number of nitrogens with zero attached hydrogens (tertiary/aromatic N) is 2. The Morgan fingerprint density at radius 1 is 1.21 bits per heavy atom. The fourth-order valence-electron chi connectivity index (χ4n) is 4.45. The second kappa shape index (κ2) is 11.5. The molecular formula is C27H31ClN2O4. The maximum atomic E-state index is 12.4. The molecule has 34 heavy (non-hydrogen) atoms. The van der Waals surface area contributed by atoms with Gasteiger partial charge in [0.15, 0.2) is 0 Å². The van der Waals surface area contributed by atoms with Crippen molar-refractivity contribution in [1.29, 1.82) is 0 Å². The number of esters is 1. The molecule has 1 aliphatic rings. The maximum Gasteiger partial charge on any atom is 0.309 e. The van der Waals surface area contributed by atoms with Crippen LogP contribution in [0.2, 0.25) is 0 Å². The van der Waals surface area contributed by atoms with E-state index < -0.39 is 0 Å². The Hall–Kier alpha value is -2.83. The summed E-state index contributed by atoms with van der Waals surface area (Å²) in [6, 6.07) is 17.9.